The van der Waals surface area contributed by atoms with Crippen LogP contribution in [0.5, 0.6) is 5.75 Å². The Hall–Kier alpha value is -2.38. The van der Waals surface area contributed by atoms with Gasteiger partial charge in [0.2, 0.25) is 6.29 Å². The molecule has 3 atom stereocenters. The number of halogens is 1. The highest BCUT2D eigenvalue weighted by Crippen LogP contribution is 2.51. The van der Waals surface area contributed by atoms with Crippen LogP contribution < -0.4 is 4.74 Å². The molecule has 1 saturated carbocycles. The van der Waals surface area contributed by atoms with Crippen LogP contribution in [0.3, 0.4) is 0 Å². The average Bonchev–Trinajstić information content (AvgIpc) is 2.86. The first-order valence-electron chi connectivity index (χ1n) is 9.51. The summed E-state index contributed by atoms with van der Waals surface area (Å²) < 4.78 is 22.8. The van der Waals surface area contributed by atoms with Crippen molar-refractivity contribution >= 4 is 34.4 Å². The van der Waals surface area contributed by atoms with Crippen molar-refractivity contribution < 1.29 is 28.5 Å². The van der Waals surface area contributed by atoms with Crippen molar-refractivity contribution in [2.75, 3.05) is 0 Å². The van der Waals surface area contributed by atoms with Crippen molar-refractivity contribution in [3.8, 4) is 5.75 Å². The monoisotopic (exact) mass is 419 g/mol. The molecule has 0 radical (unpaired) electrons. The van der Waals surface area contributed by atoms with Crippen molar-refractivity contribution in [3.05, 3.63) is 35.5 Å². The highest BCUT2D eigenvalue weighted by molar-refractivity contribution is 6.29. The molecule has 154 valence electrons. The second-order valence-electron chi connectivity index (χ2n) is 7.66. The minimum atomic E-state index is -0.903. The van der Waals surface area contributed by atoms with Gasteiger partial charge in [-0.25, -0.2) is 4.98 Å². The van der Waals surface area contributed by atoms with Gasteiger partial charge < -0.3 is 18.9 Å². The smallest absolute Gasteiger partial charge is 0.305 e. The van der Waals surface area contributed by atoms with Crippen LogP contribution in [0, 0.1) is 5.92 Å². The zero-order chi connectivity index (χ0) is 20.8. The SMILES string of the molecule is CC(=O)OC1O[C@]2(C[C@@H](Oc3ccc4ccc(Cl)nc4c3)C2)[C@@H](C)C1OC(C)=O. The molecule has 1 aliphatic carbocycles. The molecule has 1 aliphatic heterocycles. The maximum Gasteiger partial charge on any atom is 0.305 e. The van der Waals surface area contributed by atoms with E-state index in [4.69, 9.17) is 30.5 Å². The number of pyridine rings is 1. The molecule has 29 heavy (non-hydrogen) atoms. The van der Waals surface area contributed by atoms with Crippen molar-refractivity contribution in [3.63, 3.8) is 0 Å². The second-order valence-corrected chi connectivity index (χ2v) is 8.05. The van der Waals surface area contributed by atoms with Crippen molar-refractivity contribution in [2.45, 2.75) is 57.7 Å². The minimum Gasteiger partial charge on any atom is -0.490 e. The van der Waals surface area contributed by atoms with E-state index in [1.165, 1.54) is 13.8 Å². The number of esters is 2. The summed E-state index contributed by atoms with van der Waals surface area (Å²) in [4.78, 5) is 27.2. The molecule has 2 heterocycles. The molecule has 1 aromatic heterocycles. The Labute approximate surface area is 173 Å². The summed E-state index contributed by atoms with van der Waals surface area (Å²) in [6.07, 6.45) is -0.401. The van der Waals surface area contributed by atoms with E-state index in [1.807, 2.05) is 31.2 Å². The Morgan fingerprint density at radius 3 is 2.52 bits per heavy atom. The van der Waals surface area contributed by atoms with Gasteiger partial charge in [-0.05, 0) is 24.3 Å². The van der Waals surface area contributed by atoms with E-state index in [-0.39, 0.29) is 12.0 Å². The summed E-state index contributed by atoms with van der Waals surface area (Å²) in [7, 11) is 0. The second kappa shape index (κ2) is 7.46. The molecule has 1 spiro atoms. The molecule has 4 rings (SSSR count). The molecule has 2 unspecified atom stereocenters. The molecule has 0 N–H and O–H groups in total. The van der Waals surface area contributed by atoms with Crippen LogP contribution in [0.15, 0.2) is 30.3 Å². The molecular formula is C21H22ClNO6. The van der Waals surface area contributed by atoms with Crippen LogP contribution in [0.1, 0.15) is 33.6 Å². The molecule has 0 amide bonds. The molecule has 2 aliphatic rings. The number of fused-ring (bicyclic) bond motifs is 1. The predicted octanol–water partition coefficient (Wildman–Crippen LogP) is 3.66. The van der Waals surface area contributed by atoms with Gasteiger partial charge in [0.25, 0.3) is 0 Å². The lowest BCUT2D eigenvalue weighted by Crippen LogP contribution is -2.54. The third kappa shape index (κ3) is 3.89. The summed E-state index contributed by atoms with van der Waals surface area (Å²) in [5.41, 5.74) is 0.211. The number of carbonyl (C=O) groups is 2. The topological polar surface area (TPSA) is 84.0 Å². The van der Waals surface area contributed by atoms with E-state index in [1.54, 1.807) is 6.07 Å². The zero-order valence-corrected chi connectivity index (χ0v) is 17.1. The molecule has 1 saturated heterocycles. The Kier molecular flexibility index (Phi) is 5.12. The molecule has 2 fully saturated rings. The fourth-order valence-electron chi connectivity index (χ4n) is 4.14. The quantitative estimate of drug-likeness (QED) is 0.552. The number of benzene rings is 1. The maximum absolute atomic E-state index is 11.5. The number of hydrogen-bond donors (Lipinski definition) is 0. The van der Waals surface area contributed by atoms with Gasteiger partial charge in [-0.2, -0.15) is 0 Å². The van der Waals surface area contributed by atoms with Gasteiger partial charge in [0.1, 0.15) is 17.0 Å². The number of nitrogens with zero attached hydrogens (tertiary/aromatic N) is 1. The Bertz CT molecular complexity index is 957. The van der Waals surface area contributed by atoms with Crippen LogP contribution in [-0.4, -0.2) is 41.0 Å². The Balaban J connectivity index is 1.45. The lowest BCUT2D eigenvalue weighted by Gasteiger charge is -2.46. The highest BCUT2D eigenvalue weighted by Gasteiger charge is 2.62. The normalized spacial score (nSPS) is 30.8. The first-order chi connectivity index (χ1) is 13.8. The number of rotatable bonds is 4. The van der Waals surface area contributed by atoms with E-state index in [0.29, 0.717) is 23.7 Å². The van der Waals surface area contributed by atoms with Gasteiger partial charge in [0.05, 0.1) is 11.1 Å². The van der Waals surface area contributed by atoms with E-state index in [0.717, 1.165) is 10.9 Å². The number of aromatic nitrogens is 1. The number of ether oxygens (including phenoxy) is 4. The highest BCUT2D eigenvalue weighted by atomic mass is 35.5. The summed E-state index contributed by atoms with van der Waals surface area (Å²) in [5.74, 6) is -0.349. The predicted molar refractivity (Wildman–Crippen MR) is 104 cm³/mol. The van der Waals surface area contributed by atoms with E-state index < -0.39 is 29.9 Å². The lowest BCUT2D eigenvalue weighted by atomic mass is 9.69. The van der Waals surface area contributed by atoms with Gasteiger partial charge in [0, 0.05) is 44.1 Å². The third-order valence-electron chi connectivity index (χ3n) is 5.60. The number of hydrogen-bond acceptors (Lipinski definition) is 7. The van der Waals surface area contributed by atoms with Gasteiger partial charge in [0.15, 0.2) is 6.10 Å². The van der Waals surface area contributed by atoms with Crippen molar-refractivity contribution in [1.29, 1.82) is 0 Å². The summed E-state index contributed by atoms with van der Waals surface area (Å²) in [6, 6.07) is 9.34. The van der Waals surface area contributed by atoms with E-state index in [9.17, 15) is 9.59 Å². The lowest BCUT2D eigenvalue weighted by molar-refractivity contribution is -0.224. The van der Waals surface area contributed by atoms with Crippen LogP contribution in [0.4, 0.5) is 0 Å². The molecule has 2 aromatic rings. The Morgan fingerprint density at radius 1 is 1.14 bits per heavy atom. The van der Waals surface area contributed by atoms with Gasteiger partial charge in [-0.3, -0.25) is 9.59 Å². The first kappa shape index (κ1) is 19.9. The molecule has 7 nitrogen and oxygen atoms in total. The van der Waals surface area contributed by atoms with Crippen LogP contribution in [0.25, 0.3) is 10.9 Å². The van der Waals surface area contributed by atoms with Crippen LogP contribution >= 0.6 is 11.6 Å². The van der Waals surface area contributed by atoms with Gasteiger partial charge in [-0.1, -0.05) is 18.5 Å². The molecule has 8 heteroatoms. The van der Waals surface area contributed by atoms with Gasteiger partial charge >= 0.3 is 11.9 Å². The third-order valence-corrected chi connectivity index (χ3v) is 5.82. The molecule has 1 aromatic carbocycles. The minimum absolute atomic E-state index is 0.0665. The summed E-state index contributed by atoms with van der Waals surface area (Å²) in [5, 5.41) is 1.41. The zero-order valence-electron chi connectivity index (χ0n) is 16.4. The molecule has 0 bridgehead atoms. The van der Waals surface area contributed by atoms with E-state index in [2.05, 4.69) is 4.98 Å². The van der Waals surface area contributed by atoms with Gasteiger partial charge in [-0.15, -0.1) is 0 Å². The standard InChI is InChI=1S/C21H22ClNO6/c1-11-19(26-12(2)24)20(27-13(3)25)29-21(11)9-16(10-21)28-15-6-4-14-5-7-18(22)23-17(14)8-15/h4-8,11,16,19-20H,9-10H2,1-3H3/t11-,16-,19?,20?,21+/m0/s1. The van der Waals surface area contributed by atoms with Crippen LogP contribution in [-0.2, 0) is 23.8 Å². The summed E-state index contributed by atoms with van der Waals surface area (Å²) >= 11 is 5.97. The maximum atomic E-state index is 11.5. The first-order valence-corrected chi connectivity index (χ1v) is 9.89. The van der Waals surface area contributed by atoms with E-state index >= 15 is 0 Å². The van der Waals surface area contributed by atoms with Crippen molar-refractivity contribution in [2.24, 2.45) is 5.92 Å². The average molecular weight is 420 g/mol. The Morgan fingerprint density at radius 2 is 1.83 bits per heavy atom. The molecular weight excluding hydrogens is 398 g/mol. The van der Waals surface area contributed by atoms with Crippen LogP contribution in [0.2, 0.25) is 5.15 Å². The summed E-state index contributed by atoms with van der Waals surface area (Å²) in [6.45, 7) is 4.57. The fraction of sp³-hybridized carbons (Fsp3) is 0.476. The van der Waals surface area contributed by atoms with Crippen molar-refractivity contribution in [1.82, 2.24) is 4.98 Å². The largest absolute Gasteiger partial charge is 0.490 e. The fourth-order valence-corrected chi connectivity index (χ4v) is 4.30. The number of carbonyl (C=O) groups excluding carboxylic acids is 2.